The molecule has 2 aliphatic rings. The molecule has 0 aromatic carbocycles. The van der Waals surface area contributed by atoms with E-state index in [4.69, 9.17) is 0 Å². The molecule has 0 aliphatic heterocycles. The predicted molar refractivity (Wildman–Crippen MR) is 71.1 cm³/mol. The molecule has 0 saturated heterocycles. The molecule has 0 radical (unpaired) electrons. The van der Waals surface area contributed by atoms with E-state index in [1.54, 1.807) is 0 Å². The molecule has 0 N–H and O–H groups in total. The number of hydrogen-bond acceptors (Lipinski definition) is 0. The molecule has 0 amide bonds. The largest absolute Gasteiger partial charge is 0.0988 e. The van der Waals surface area contributed by atoms with E-state index < -0.39 is 0 Å². The van der Waals surface area contributed by atoms with Crippen LogP contribution in [0.1, 0.15) is 26.2 Å². The highest BCUT2D eigenvalue weighted by atomic mass is 14.3. The minimum absolute atomic E-state index is 0.576. The van der Waals surface area contributed by atoms with Crippen molar-refractivity contribution in [2.24, 2.45) is 11.8 Å². The standard InChI is InChI=1S/C16H20/c1-3-8-14-11-13-9-6-5-7-10-15(12-13)16(14)4-2/h3-4,6-10,13,15H,2,5,11-12H2,1H3/b8-3-,9-6-,10-7-. The van der Waals surface area contributed by atoms with Crippen LogP contribution >= 0.6 is 0 Å². The zero-order valence-corrected chi connectivity index (χ0v) is 10.0. The van der Waals surface area contributed by atoms with Gasteiger partial charge in [-0.05, 0) is 43.3 Å². The molecular weight excluding hydrogens is 192 g/mol. The minimum Gasteiger partial charge on any atom is -0.0988 e. The summed E-state index contributed by atoms with van der Waals surface area (Å²) in [7, 11) is 0. The highest BCUT2D eigenvalue weighted by molar-refractivity contribution is 5.39. The lowest BCUT2D eigenvalue weighted by Crippen LogP contribution is -2.16. The van der Waals surface area contributed by atoms with E-state index in [1.807, 2.05) is 6.08 Å². The monoisotopic (exact) mass is 212 g/mol. The van der Waals surface area contributed by atoms with Crippen molar-refractivity contribution < 1.29 is 0 Å². The van der Waals surface area contributed by atoms with Gasteiger partial charge in [0.1, 0.15) is 0 Å². The second-order valence-corrected chi connectivity index (χ2v) is 4.58. The summed E-state index contributed by atoms with van der Waals surface area (Å²) in [6.45, 7) is 6.06. The average Bonchev–Trinajstić information content (AvgIpc) is 2.26. The van der Waals surface area contributed by atoms with Crippen molar-refractivity contribution in [2.75, 3.05) is 0 Å². The summed E-state index contributed by atoms with van der Waals surface area (Å²) in [5.41, 5.74) is 2.90. The van der Waals surface area contributed by atoms with Gasteiger partial charge in [-0.2, -0.15) is 0 Å². The molecule has 0 spiro atoms. The van der Waals surface area contributed by atoms with Gasteiger partial charge < -0.3 is 0 Å². The first-order valence-corrected chi connectivity index (χ1v) is 6.16. The predicted octanol–water partition coefficient (Wildman–Crippen LogP) is 4.59. The first-order chi connectivity index (χ1) is 7.85. The highest BCUT2D eigenvalue weighted by Crippen LogP contribution is 2.37. The maximum Gasteiger partial charge on any atom is 0.00263 e. The minimum atomic E-state index is 0.576. The van der Waals surface area contributed by atoms with Crippen LogP contribution in [0, 0.1) is 11.8 Å². The molecule has 0 saturated carbocycles. The summed E-state index contributed by atoms with van der Waals surface area (Å²) < 4.78 is 0. The summed E-state index contributed by atoms with van der Waals surface area (Å²) >= 11 is 0. The van der Waals surface area contributed by atoms with E-state index in [2.05, 4.69) is 50.0 Å². The fraction of sp³-hybridized carbons (Fsp3) is 0.375. The molecule has 0 nitrogen and oxygen atoms in total. The SMILES string of the molecule is C=CC1=C(/C=C\C)CC2/C=C\C/C=C\C1C2. The second-order valence-electron chi connectivity index (χ2n) is 4.58. The normalized spacial score (nSPS) is 33.3. The first-order valence-electron chi connectivity index (χ1n) is 6.16. The van der Waals surface area contributed by atoms with Crippen molar-refractivity contribution in [3.05, 3.63) is 60.3 Å². The Kier molecular flexibility index (Phi) is 3.61. The zero-order chi connectivity index (χ0) is 11.4. The van der Waals surface area contributed by atoms with Crippen LogP contribution in [0.2, 0.25) is 0 Å². The molecule has 2 bridgehead atoms. The number of allylic oxidation sites excluding steroid dienone is 9. The van der Waals surface area contributed by atoms with Gasteiger partial charge in [-0.1, -0.05) is 49.1 Å². The Morgan fingerprint density at radius 1 is 1.31 bits per heavy atom. The molecule has 16 heavy (non-hydrogen) atoms. The summed E-state index contributed by atoms with van der Waals surface area (Å²) in [5, 5.41) is 0. The van der Waals surface area contributed by atoms with E-state index in [0.29, 0.717) is 11.8 Å². The molecule has 0 aromatic heterocycles. The van der Waals surface area contributed by atoms with Gasteiger partial charge in [0.05, 0.1) is 0 Å². The highest BCUT2D eigenvalue weighted by Gasteiger charge is 2.24. The van der Waals surface area contributed by atoms with Crippen molar-refractivity contribution in [3.63, 3.8) is 0 Å². The van der Waals surface area contributed by atoms with Crippen LogP contribution in [0.15, 0.2) is 60.3 Å². The summed E-state index contributed by atoms with van der Waals surface area (Å²) in [6, 6.07) is 0. The Balaban J connectivity index is 2.39. The third kappa shape index (κ3) is 2.27. The third-order valence-electron chi connectivity index (χ3n) is 3.45. The molecule has 0 heteroatoms. The Hall–Kier alpha value is -1.30. The summed E-state index contributed by atoms with van der Waals surface area (Å²) in [5.74, 6) is 1.29. The van der Waals surface area contributed by atoms with E-state index >= 15 is 0 Å². The molecule has 0 fully saturated rings. The van der Waals surface area contributed by atoms with Crippen LogP contribution in [0.25, 0.3) is 0 Å². The Morgan fingerprint density at radius 2 is 2.12 bits per heavy atom. The van der Waals surface area contributed by atoms with Crippen LogP contribution in [-0.4, -0.2) is 0 Å². The Bertz CT molecular complexity index is 377. The molecular formula is C16H20. The maximum absolute atomic E-state index is 3.97. The molecule has 2 aliphatic carbocycles. The van der Waals surface area contributed by atoms with Gasteiger partial charge in [0.25, 0.3) is 0 Å². The lowest BCUT2D eigenvalue weighted by Gasteiger charge is -2.29. The van der Waals surface area contributed by atoms with E-state index in [0.717, 1.165) is 6.42 Å². The van der Waals surface area contributed by atoms with Crippen molar-refractivity contribution >= 4 is 0 Å². The lowest BCUT2D eigenvalue weighted by atomic mass is 9.75. The topological polar surface area (TPSA) is 0 Å². The molecule has 2 unspecified atom stereocenters. The fourth-order valence-corrected chi connectivity index (χ4v) is 2.74. The first kappa shape index (κ1) is 11.2. The average molecular weight is 212 g/mol. The van der Waals surface area contributed by atoms with Gasteiger partial charge in [-0.15, -0.1) is 0 Å². The van der Waals surface area contributed by atoms with Gasteiger partial charge in [0, 0.05) is 5.92 Å². The van der Waals surface area contributed by atoms with Crippen LogP contribution in [0.4, 0.5) is 0 Å². The fourth-order valence-electron chi connectivity index (χ4n) is 2.74. The van der Waals surface area contributed by atoms with Crippen LogP contribution in [0.5, 0.6) is 0 Å². The quantitative estimate of drug-likeness (QED) is 0.587. The molecule has 2 rings (SSSR count). The van der Waals surface area contributed by atoms with E-state index in [9.17, 15) is 0 Å². The van der Waals surface area contributed by atoms with Crippen LogP contribution in [-0.2, 0) is 0 Å². The maximum atomic E-state index is 3.97. The molecule has 2 atom stereocenters. The van der Waals surface area contributed by atoms with Crippen LogP contribution < -0.4 is 0 Å². The zero-order valence-electron chi connectivity index (χ0n) is 10.0. The smallest absolute Gasteiger partial charge is 0.00263 e. The molecule has 84 valence electrons. The molecule has 0 aromatic rings. The van der Waals surface area contributed by atoms with Crippen molar-refractivity contribution in [2.45, 2.75) is 26.2 Å². The number of fused-ring (bicyclic) bond motifs is 2. The van der Waals surface area contributed by atoms with Gasteiger partial charge in [-0.3, -0.25) is 0 Å². The van der Waals surface area contributed by atoms with Crippen molar-refractivity contribution in [3.8, 4) is 0 Å². The van der Waals surface area contributed by atoms with Gasteiger partial charge in [0.15, 0.2) is 0 Å². The van der Waals surface area contributed by atoms with E-state index in [1.165, 1.54) is 24.0 Å². The Morgan fingerprint density at radius 3 is 2.88 bits per heavy atom. The Labute approximate surface area is 98.8 Å². The van der Waals surface area contributed by atoms with E-state index in [-0.39, 0.29) is 0 Å². The molecule has 0 heterocycles. The number of hydrogen-bond donors (Lipinski definition) is 0. The number of rotatable bonds is 2. The van der Waals surface area contributed by atoms with Gasteiger partial charge >= 0.3 is 0 Å². The summed E-state index contributed by atoms with van der Waals surface area (Å²) in [6.07, 6.45) is 19.3. The van der Waals surface area contributed by atoms with Crippen molar-refractivity contribution in [1.82, 2.24) is 0 Å². The van der Waals surface area contributed by atoms with Crippen molar-refractivity contribution in [1.29, 1.82) is 0 Å². The van der Waals surface area contributed by atoms with Gasteiger partial charge in [-0.25, -0.2) is 0 Å². The second kappa shape index (κ2) is 5.16. The lowest BCUT2D eigenvalue weighted by molar-refractivity contribution is 0.490. The summed E-state index contributed by atoms with van der Waals surface area (Å²) in [4.78, 5) is 0. The van der Waals surface area contributed by atoms with Crippen LogP contribution in [0.3, 0.4) is 0 Å². The third-order valence-corrected chi connectivity index (χ3v) is 3.45. The van der Waals surface area contributed by atoms with Gasteiger partial charge in [0.2, 0.25) is 0 Å².